The Hall–Kier alpha value is -6.07. The number of hydrogen-bond acceptors (Lipinski definition) is 17. The van der Waals surface area contributed by atoms with Gasteiger partial charge in [-0.3, -0.25) is 19.2 Å². The summed E-state index contributed by atoms with van der Waals surface area (Å²) < 4.78 is 47.6. The van der Waals surface area contributed by atoms with Gasteiger partial charge in [-0.05, 0) is 157 Å². The van der Waals surface area contributed by atoms with Gasteiger partial charge in [-0.2, -0.15) is 0 Å². The summed E-state index contributed by atoms with van der Waals surface area (Å²) in [6.45, 7) is 27.0. The minimum atomic E-state index is -2.17. The van der Waals surface area contributed by atoms with Gasteiger partial charge < -0.3 is 47.1 Å². The second-order valence-electron chi connectivity index (χ2n) is 25.1. The zero-order valence-corrected chi connectivity index (χ0v) is 63.7. The van der Waals surface area contributed by atoms with Crippen LogP contribution in [0.4, 0.5) is 0 Å². The van der Waals surface area contributed by atoms with E-state index >= 15 is 0 Å². The van der Waals surface area contributed by atoms with Gasteiger partial charge in [0.05, 0.1) is 53.4 Å². The normalized spacial score (nSPS) is 13.3. The number of aliphatic hydroxyl groups is 1. The molecule has 0 heterocycles. The lowest BCUT2D eigenvalue weighted by atomic mass is 10.2. The molecule has 17 nitrogen and oxygen atoms in total. The molecular weight excluding hydrogens is 1280 g/mol. The van der Waals surface area contributed by atoms with Crippen LogP contribution < -0.4 is 0 Å². The fourth-order valence-electron chi connectivity index (χ4n) is 6.79. The largest absolute Gasteiger partial charge is 0.466 e. The molecule has 0 radical (unpaired) electrons. The predicted molar refractivity (Wildman–Crippen MR) is 394 cm³/mol. The Kier molecular flexibility index (Phi) is 61.2. The maximum atomic E-state index is 12.3. The number of unbranched alkanes of at least 4 members (excludes halogenated alkanes) is 3. The Labute approximate surface area is 585 Å². The highest BCUT2D eigenvalue weighted by Gasteiger charge is 2.39. The van der Waals surface area contributed by atoms with Crippen molar-refractivity contribution in [2.75, 3.05) is 60.5 Å². The van der Waals surface area contributed by atoms with E-state index in [0.29, 0.717) is 45.5 Å². The fraction of sp³-hybridized carbons (Fsp3) is 0.592. The molecule has 0 aromatic rings. The molecule has 0 aliphatic heterocycles. The van der Waals surface area contributed by atoms with Gasteiger partial charge in [0.2, 0.25) is 5.24 Å². The number of hydrogen-bond donors (Lipinski definition) is 1. The van der Waals surface area contributed by atoms with E-state index in [2.05, 4.69) is 213 Å². The molecule has 0 spiro atoms. The Morgan fingerprint density at radius 1 is 0.406 bits per heavy atom. The minimum absolute atomic E-state index is 0.0405. The summed E-state index contributed by atoms with van der Waals surface area (Å²) in [4.78, 5) is 79.8. The van der Waals surface area contributed by atoms with Gasteiger partial charge in [-0.25, -0.2) is 14.4 Å². The van der Waals surface area contributed by atoms with Crippen LogP contribution in [-0.2, 0) is 75.6 Å². The summed E-state index contributed by atoms with van der Waals surface area (Å²) >= 11 is 4.85. The first-order valence-electron chi connectivity index (χ1n) is 34.0. The molecule has 0 saturated carbocycles. The van der Waals surface area contributed by atoms with Crippen molar-refractivity contribution in [1.29, 1.82) is 0 Å². The minimum Gasteiger partial charge on any atom is -0.466 e. The lowest BCUT2D eigenvalue weighted by Gasteiger charge is -2.37. The average molecular weight is 1400 g/mol. The van der Waals surface area contributed by atoms with E-state index in [1.807, 2.05) is 0 Å². The van der Waals surface area contributed by atoms with Crippen molar-refractivity contribution in [2.24, 2.45) is 0 Å². The highest BCUT2D eigenvalue weighted by atomic mass is 35.5. The Morgan fingerprint density at radius 3 is 1.12 bits per heavy atom. The maximum absolute atomic E-state index is 12.3. The van der Waals surface area contributed by atoms with Crippen LogP contribution in [0.5, 0.6) is 0 Å². The number of ether oxygens (including phenoxy) is 7. The number of aliphatic hydroxyl groups excluding tert-OH is 1. The molecule has 0 aromatic heterocycles. The van der Waals surface area contributed by atoms with E-state index in [1.54, 1.807) is 0 Å². The van der Waals surface area contributed by atoms with Gasteiger partial charge in [-0.1, -0.05) is 177 Å². The highest BCUT2D eigenvalue weighted by molar-refractivity contribution is 6.74. The van der Waals surface area contributed by atoms with Crippen molar-refractivity contribution >= 4 is 69.3 Å². The third-order valence-electron chi connectivity index (χ3n) is 14.6. The molecule has 2 unspecified atom stereocenters. The summed E-state index contributed by atoms with van der Waals surface area (Å²) in [6, 6.07) is 0. The molecule has 0 aliphatic rings. The van der Waals surface area contributed by atoms with Crippen molar-refractivity contribution in [2.45, 2.75) is 232 Å². The molecule has 0 rings (SSSR count). The van der Waals surface area contributed by atoms with Crippen molar-refractivity contribution < 1.29 is 80.7 Å². The first-order chi connectivity index (χ1) is 45.6. The van der Waals surface area contributed by atoms with Crippen LogP contribution in [0.15, 0.2) is 146 Å². The molecule has 96 heavy (non-hydrogen) atoms. The Balaban J connectivity index is -0.00000162. The van der Waals surface area contributed by atoms with E-state index in [0.717, 1.165) is 121 Å². The third kappa shape index (κ3) is 64.0. The molecule has 1 N–H and O–H groups in total. The SMILES string of the molecule is CC/C=C\C/C=C\C/C=C\C/C=C\C/C=C\CCCC(=O)OCCCC(=O)OCC(CO[Si](C)(C)C(C)(C)C)OC(=O)/C=C/C(=O)OC.CC/C=C\C/C=C\C/C=C\C/C=C\C/C=C\CCCC(=O)OCCCCOCC(O)CO[Si](C)(C)C(C)(C)C.COC(=O)/C=C/C(=O)Cl. The maximum Gasteiger partial charge on any atom is 0.331 e. The van der Waals surface area contributed by atoms with E-state index in [1.165, 1.54) is 14.2 Å². The molecule has 2 atom stereocenters. The summed E-state index contributed by atoms with van der Waals surface area (Å²) in [5.41, 5.74) is 0. The van der Waals surface area contributed by atoms with E-state index in [4.69, 9.17) is 44.1 Å². The third-order valence-corrected chi connectivity index (χ3v) is 23.7. The van der Waals surface area contributed by atoms with Crippen molar-refractivity contribution in [3.05, 3.63) is 146 Å². The molecular formula is C76H123ClO17Si2. The van der Waals surface area contributed by atoms with E-state index in [9.17, 15) is 38.7 Å². The van der Waals surface area contributed by atoms with E-state index in [-0.39, 0.29) is 54.9 Å². The number of carbonyl (C=O) groups is 7. The quantitative estimate of drug-likeness (QED) is 0.0114. The van der Waals surface area contributed by atoms with Gasteiger partial charge in [0, 0.05) is 50.2 Å². The molecule has 544 valence electrons. The number of halogens is 1. The van der Waals surface area contributed by atoms with Crippen LogP contribution in [0, 0.1) is 0 Å². The van der Waals surface area contributed by atoms with Crippen LogP contribution in [0.3, 0.4) is 0 Å². The van der Waals surface area contributed by atoms with Crippen molar-refractivity contribution in [3.63, 3.8) is 0 Å². The van der Waals surface area contributed by atoms with Gasteiger partial charge in [0.25, 0.3) is 0 Å². The molecule has 20 heteroatoms. The molecule has 0 bridgehead atoms. The second kappa shape index (κ2) is 62.5. The molecule has 0 saturated heterocycles. The summed E-state index contributed by atoms with van der Waals surface area (Å²) in [5.74, 6) is -3.02. The van der Waals surface area contributed by atoms with Crippen molar-refractivity contribution in [1.82, 2.24) is 0 Å². The lowest BCUT2D eigenvalue weighted by molar-refractivity contribution is -0.158. The van der Waals surface area contributed by atoms with Gasteiger partial charge >= 0.3 is 35.8 Å². The Morgan fingerprint density at radius 2 is 0.740 bits per heavy atom. The first kappa shape index (κ1) is 94.1. The second-order valence-corrected chi connectivity index (χ2v) is 35.1. The first-order valence-corrected chi connectivity index (χ1v) is 40.2. The molecule has 0 aliphatic carbocycles. The number of esters is 6. The van der Waals surface area contributed by atoms with Crippen LogP contribution in [0.2, 0.25) is 36.3 Å². The number of carbonyl (C=O) groups excluding carboxylic acids is 7. The standard InChI is InChI=1S/C38H60O9Si.C33H58O5Si.C5H5ClO3/c1-8-9-10-11-12-13-14-15-16-17-18-19-20-21-22-23-24-26-35(40)44-30-25-27-36(41)45-31-33(32-46-48(6,7)38(2,3)4)47-37(42)29-28-34(39)43-5;1-7-8-9-10-11-12-13-14-15-16-17-18-19-20-21-22-23-26-32(35)37-28-25-24-27-36-29-31(34)30-38-39(5,6)33(2,3)4;1-9-5(8)3-2-4(6)7/h9-10,12-13,15-16,18-19,21-22,28-29,33H,8,11,14,17,20,23-27,30-32H2,1-7H3;8-9,11-12,14-15,17-18,20-21,31,34H,7,10,13,16,19,22-30H2,1-6H3;2-3H,1H3/b10-9-,13-12-,16-15-,19-18-,22-21-,29-28+;9-8-,12-11-,15-14-,18-17-,21-20-;3-2+. The van der Waals surface area contributed by atoms with Crippen LogP contribution in [-0.4, -0.2) is 135 Å². The molecule has 0 aromatic carbocycles. The fourth-order valence-corrected chi connectivity index (χ4v) is 8.94. The Bertz CT molecular complexity index is 2470. The topological polar surface area (TPSA) is 223 Å². The average Bonchev–Trinajstić information content (AvgIpc) is 0.873. The van der Waals surface area contributed by atoms with Gasteiger partial charge in [0.15, 0.2) is 22.7 Å². The monoisotopic (exact) mass is 1400 g/mol. The van der Waals surface area contributed by atoms with Gasteiger partial charge in [-0.15, -0.1) is 0 Å². The summed E-state index contributed by atoms with van der Waals surface area (Å²) in [7, 11) is -1.61. The smallest absolute Gasteiger partial charge is 0.331 e. The van der Waals surface area contributed by atoms with Crippen LogP contribution >= 0.6 is 11.6 Å². The zero-order valence-electron chi connectivity index (χ0n) is 61.0. The molecule has 0 fully saturated rings. The number of allylic oxidation sites excluding steroid dienone is 21. The lowest BCUT2D eigenvalue weighted by Crippen LogP contribution is -2.44. The predicted octanol–water partition coefficient (Wildman–Crippen LogP) is 17.5. The zero-order chi connectivity index (χ0) is 72.6. The highest BCUT2D eigenvalue weighted by Crippen LogP contribution is 2.37. The number of rotatable bonds is 50. The van der Waals surface area contributed by atoms with Crippen LogP contribution in [0.25, 0.3) is 0 Å². The number of methoxy groups -OCH3 is 2. The van der Waals surface area contributed by atoms with Crippen molar-refractivity contribution in [3.8, 4) is 0 Å². The summed E-state index contributed by atoms with van der Waals surface area (Å²) in [6.07, 6.45) is 61.3. The van der Waals surface area contributed by atoms with Crippen LogP contribution in [0.1, 0.15) is 184 Å². The van der Waals surface area contributed by atoms with Gasteiger partial charge in [0.1, 0.15) is 6.61 Å². The summed E-state index contributed by atoms with van der Waals surface area (Å²) in [5, 5.41) is 9.44. The molecule has 0 amide bonds. The van der Waals surface area contributed by atoms with E-state index < -0.39 is 58.0 Å².